The first-order valence-corrected chi connectivity index (χ1v) is 9.36. The fourth-order valence-corrected chi connectivity index (χ4v) is 2.96. The molecule has 2 N–H and O–H groups in total. The van der Waals surface area contributed by atoms with Crippen LogP contribution in [0.5, 0.6) is 5.75 Å². The zero-order valence-corrected chi connectivity index (χ0v) is 15.6. The predicted octanol–water partition coefficient (Wildman–Crippen LogP) is 5.17. The average Bonchev–Trinajstić information content (AvgIpc) is 3.13. The van der Waals surface area contributed by atoms with E-state index in [2.05, 4.69) is 27.8 Å². The summed E-state index contributed by atoms with van der Waals surface area (Å²) in [6.45, 7) is 2.82. The number of hydrogen-bond acceptors (Lipinski definition) is 5. The van der Waals surface area contributed by atoms with E-state index < -0.39 is 6.03 Å². The van der Waals surface area contributed by atoms with Gasteiger partial charge in [-0.15, -0.1) is 10.2 Å². The van der Waals surface area contributed by atoms with Gasteiger partial charge in [-0.25, -0.2) is 9.18 Å². The van der Waals surface area contributed by atoms with Crippen molar-refractivity contribution in [3.63, 3.8) is 0 Å². The highest BCUT2D eigenvalue weighted by atomic mass is 32.1. The Morgan fingerprint density at radius 1 is 1.07 bits per heavy atom. The lowest BCUT2D eigenvalue weighted by Crippen LogP contribution is -2.19. The Bertz CT molecular complexity index is 881. The van der Waals surface area contributed by atoms with Gasteiger partial charge >= 0.3 is 6.03 Å². The summed E-state index contributed by atoms with van der Waals surface area (Å²) in [5, 5.41) is 14.4. The lowest BCUT2D eigenvalue weighted by molar-refractivity contribution is 0.262. The summed E-state index contributed by atoms with van der Waals surface area (Å²) in [4.78, 5) is 12.0. The molecule has 0 unspecified atom stereocenters. The molecule has 0 saturated carbocycles. The second kappa shape index (κ2) is 9.09. The number of carbonyl (C=O) groups excluding carboxylic acids is 1. The van der Waals surface area contributed by atoms with E-state index in [-0.39, 0.29) is 5.82 Å². The number of aromatic nitrogens is 2. The number of benzene rings is 2. The van der Waals surface area contributed by atoms with Gasteiger partial charge in [0.05, 0.1) is 6.61 Å². The third kappa shape index (κ3) is 5.49. The molecule has 1 heterocycles. The molecule has 2 aromatic carbocycles. The Kier molecular flexibility index (Phi) is 6.32. The number of urea groups is 1. The molecule has 0 bridgehead atoms. The summed E-state index contributed by atoms with van der Waals surface area (Å²) in [6.07, 6.45) is 2.11. The molecular weight excluding hydrogens is 367 g/mol. The number of halogens is 1. The van der Waals surface area contributed by atoms with E-state index >= 15 is 0 Å². The van der Waals surface area contributed by atoms with Gasteiger partial charge in [-0.3, -0.25) is 5.32 Å². The Labute approximate surface area is 160 Å². The highest BCUT2D eigenvalue weighted by Gasteiger charge is 2.10. The summed E-state index contributed by atoms with van der Waals surface area (Å²) in [6, 6.07) is 12.6. The van der Waals surface area contributed by atoms with Crippen molar-refractivity contribution in [3.05, 3.63) is 54.3 Å². The summed E-state index contributed by atoms with van der Waals surface area (Å²) in [5.74, 6) is 0.449. The molecule has 3 aromatic rings. The molecule has 0 aliphatic carbocycles. The number of carbonyl (C=O) groups is 1. The molecule has 8 heteroatoms. The fourth-order valence-electron chi connectivity index (χ4n) is 2.21. The molecule has 0 fully saturated rings. The Morgan fingerprint density at radius 3 is 2.52 bits per heavy atom. The third-order valence-electron chi connectivity index (χ3n) is 3.62. The molecule has 3 rings (SSSR count). The molecule has 6 nitrogen and oxygen atoms in total. The van der Waals surface area contributed by atoms with Gasteiger partial charge < -0.3 is 10.1 Å². The van der Waals surface area contributed by atoms with Crippen LogP contribution in [-0.4, -0.2) is 22.8 Å². The lowest BCUT2D eigenvalue weighted by atomic mass is 10.2. The number of ether oxygens (including phenoxy) is 1. The van der Waals surface area contributed by atoms with Crippen LogP contribution in [-0.2, 0) is 0 Å². The van der Waals surface area contributed by atoms with E-state index in [0.29, 0.717) is 22.4 Å². The summed E-state index contributed by atoms with van der Waals surface area (Å²) >= 11 is 1.26. The normalized spacial score (nSPS) is 10.4. The van der Waals surface area contributed by atoms with E-state index in [1.807, 2.05) is 24.3 Å². The number of amides is 2. The largest absolute Gasteiger partial charge is 0.494 e. The molecule has 140 valence electrons. The summed E-state index contributed by atoms with van der Waals surface area (Å²) in [7, 11) is 0. The van der Waals surface area contributed by atoms with Crippen molar-refractivity contribution in [2.24, 2.45) is 0 Å². The van der Waals surface area contributed by atoms with Gasteiger partial charge in [-0.1, -0.05) is 24.7 Å². The minimum absolute atomic E-state index is 0.364. The minimum atomic E-state index is -0.469. The third-order valence-corrected chi connectivity index (χ3v) is 4.50. The molecule has 0 atom stereocenters. The first kappa shape index (κ1) is 18.8. The molecule has 0 aliphatic rings. The second-order valence-corrected chi connectivity index (χ2v) is 6.70. The van der Waals surface area contributed by atoms with Crippen LogP contribution < -0.4 is 15.4 Å². The highest BCUT2D eigenvalue weighted by molar-refractivity contribution is 7.18. The van der Waals surface area contributed by atoms with Crippen LogP contribution in [0.4, 0.5) is 20.0 Å². The van der Waals surface area contributed by atoms with E-state index in [0.717, 1.165) is 24.2 Å². The minimum Gasteiger partial charge on any atom is -0.494 e. The zero-order chi connectivity index (χ0) is 19.1. The van der Waals surface area contributed by atoms with Crippen molar-refractivity contribution in [1.29, 1.82) is 0 Å². The van der Waals surface area contributed by atoms with Gasteiger partial charge in [-0.05, 0) is 55.0 Å². The van der Waals surface area contributed by atoms with Crippen molar-refractivity contribution in [2.75, 3.05) is 17.2 Å². The maximum atomic E-state index is 12.9. The SMILES string of the molecule is CCCCOc1ccc(-c2nnc(NC(=O)Nc3ccc(F)cc3)s2)cc1. The fraction of sp³-hybridized carbons (Fsp3) is 0.211. The number of unbranched alkanes of at least 4 members (excludes halogenated alkanes) is 1. The van der Waals surface area contributed by atoms with Crippen molar-refractivity contribution in [3.8, 4) is 16.3 Å². The Morgan fingerprint density at radius 2 is 1.81 bits per heavy atom. The molecule has 0 radical (unpaired) electrons. The number of rotatable bonds is 7. The lowest BCUT2D eigenvalue weighted by Gasteiger charge is -2.05. The standard InChI is InChI=1S/C19H19FN4O2S/c1-2-3-12-26-16-10-4-13(5-11-16)17-23-24-19(27-17)22-18(25)21-15-8-6-14(20)7-9-15/h4-11H,2-3,12H2,1H3,(H2,21,22,24,25). The van der Waals surface area contributed by atoms with Gasteiger partial charge in [-0.2, -0.15) is 0 Å². The monoisotopic (exact) mass is 386 g/mol. The maximum absolute atomic E-state index is 12.9. The molecule has 0 aliphatic heterocycles. The summed E-state index contributed by atoms with van der Waals surface area (Å²) in [5.41, 5.74) is 1.37. The number of hydrogen-bond donors (Lipinski definition) is 2. The van der Waals surface area contributed by atoms with Gasteiger partial charge in [0, 0.05) is 11.3 Å². The molecule has 2 amide bonds. The molecule has 0 spiro atoms. The maximum Gasteiger partial charge on any atom is 0.325 e. The van der Waals surface area contributed by atoms with Gasteiger partial charge in [0.15, 0.2) is 0 Å². The van der Waals surface area contributed by atoms with Crippen molar-refractivity contribution in [2.45, 2.75) is 19.8 Å². The van der Waals surface area contributed by atoms with Crippen LogP contribution in [0.2, 0.25) is 0 Å². The van der Waals surface area contributed by atoms with E-state index in [1.54, 1.807) is 0 Å². The Hall–Kier alpha value is -3.00. The molecule has 0 saturated heterocycles. The van der Waals surface area contributed by atoms with Crippen LogP contribution in [0, 0.1) is 5.82 Å². The molecular formula is C19H19FN4O2S. The quantitative estimate of drug-likeness (QED) is 0.550. The molecule has 27 heavy (non-hydrogen) atoms. The van der Waals surface area contributed by atoms with Gasteiger partial charge in [0.2, 0.25) is 5.13 Å². The van der Waals surface area contributed by atoms with Crippen molar-refractivity contribution < 1.29 is 13.9 Å². The number of nitrogens with zero attached hydrogens (tertiary/aromatic N) is 2. The van der Waals surface area contributed by atoms with Crippen molar-refractivity contribution >= 4 is 28.2 Å². The second-order valence-electron chi connectivity index (χ2n) is 5.72. The van der Waals surface area contributed by atoms with Crippen LogP contribution in [0.3, 0.4) is 0 Å². The average molecular weight is 386 g/mol. The van der Waals surface area contributed by atoms with Crippen LogP contribution in [0.1, 0.15) is 19.8 Å². The smallest absolute Gasteiger partial charge is 0.325 e. The van der Waals surface area contributed by atoms with Gasteiger partial charge in [0.1, 0.15) is 16.6 Å². The predicted molar refractivity (Wildman–Crippen MR) is 105 cm³/mol. The van der Waals surface area contributed by atoms with Crippen LogP contribution in [0.25, 0.3) is 10.6 Å². The van der Waals surface area contributed by atoms with Crippen LogP contribution >= 0.6 is 11.3 Å². The highest BCUT2D eigenvalue weighted by Crippen LogP contribution is 2.28. The van der Waals surface area contributed by atoms with E-state index in [9.17, 15) is 9.18 Å². The first-order chi connectivity index (χ1) is 13.1. The number of nitrogens with one attached hydrogen (secondary N) is 2. The topological polar surface area (TPSA) is 76.1 Å². The zero-order valence-electron chi connectivity index (χ0n) is 14.7. The first-order valence-electron chi connectivity index (χ1n) is 8.54. The van der Waals surface area contributed by atoms with Crippen molar-refractivity contribution in [1.82, 2.24) is 10.2 Å². The Balaban J connectivity index is 1.57. The molecule has 1 aromatic heterocycles. The van der Waals surface area contributed by atoms with Gasteiger partial charge in [0.25, 0.3) is 0 Å². The van der Waals surface area contributed by atoms with Crippen LogP contribution in [0.15, 0.2) is 48.5 Å². The number of anilines is 2. The van der Waals surface area contributed by atoms with E-state index in [4.69, 9.17) is 4.74 Å². The van der Waals surface area contributed by atoms with E-state index in [1.165, 1.54) is 35.6 Å². The summed E-state index contributed by atoms with van der Waals surface area (Å²) < 4.78 is 18.5.